The fourth-order valence-electron chi connectivity index (χ4n) is 3.59. The first-order valence-electron chi connectivity index (χ1n) is 11.1. The summed E-state index contributed by atoms with van der Waals surface area (Å²) in [7, 11) is 0. The summed E-state index contributed by atoms with van der Waals surface area (Å²) in [6, 6.07) is 17.5. The third-order valence-corrected chi connectivity index (χ3v) is 5.11. The summed E-state index contributed by atoms with van der Waals surface area (Å²) < 4.78 is 20.3. The maximum Gasteiger partial charge on any atom is 0.307 e. The first-order chi connectivity index (χ1) is 16.4. The highest BCUT2D eigenvalue weighted by atomic mass is 19.1. The first kappa shape index (κ1) is 24.7. The molecular formula is C26H28FN3O4. The predicted molar refractivity (Wildman–Crippen MR) is 128 cm³/mol. The van der Waals surface area contributed by atoms with Crippen LogP contribution in [0, 0.1) is 5.82 Å². The molecule has 0 aliphatic rings. The monoisotopic (exact) mass is 465 g/mol. The molecule has 0 saturated heterocycles. The molecular weight excluding hydrogens is 437 g/mol. The van der Waals surface area contributed by atoms with Crippen LogP contribution in [0.4, 0.5) is 10.1 Å². The number of aromatic nitrogens is 1. The molecule has 0 atom stereocenters. The zero-order valence-electron chi connectivity index (χ0n) is 19.3. The van der Waals surface area contributed by atoms with E-state index < -0.39 is 0 Å². The number of anilines is 1. The van der Waals surface area contributed by atoms with Crippen molar-refractivity contribution in [3.63, 3.8) is 0 Å². The van der Waals surface area contributed by atoms with E-state index in [9.17, 15) is 18.8 Å². The van der Waals surface area contributed by atoms with Crippen molar-refractivity contribution in [2.75, 3.05) is 18.5 Å². The zero-order valence-corrected chi connectivity index (χ0v) is 19.3. The van der Waals surface area contributed by atoms with Gasteiger partial charge in [-0.05, 0) is 79.6 Å². The Bertz CT molecular complexity index is 1140. The second-order valence-electron chi connectivity index (χ2n) is 7.69. The molecule has 2 amide bonds. The molecule has 178 valence electrons. The molecule has 0 saturated carbocycles. The lowest BCUT2D eigenvalue weighted by Crippen LogP contribution is -2.26. The summed E-state index contributed by atoms with van der Waals surface area (Å²) in [5.74, 6) is -0.985. The number of esters is 1. The Labute approximate surface area is 197 Å². The molecule has 7 nitrogen and oxygen atoms in total. The first-order valence-corrected chi connectivity index (χ1v) is 11.1. The summed E-state index contributed by atoms with van der Waals surface area (Å²) in [4.78, 5) is 35.1. The molecule has 0 spiro atoms. The highest BCUT2D eigenvalue weighted by Crippen LogP contribution is 2.28. The summed E-state index contributed by atoms with van der Waals surface area (Å²) in [6.07, 6.45) is 0.824. The van der Waals surface area contributed by atoms with Crippen LogP contribution >= 0.6 is 0 Å². The van der Waals surface area contributed by atoms with Gasteiger partial charge >= 0.3 is 5.97 Å². The number of rotatable bonds is 10. The molecule has 3 rings (SSSR count). The van der Waals surface area contributed by atoms with Crippen LogP contribution in [0.15, 0.2) is 60.7 Å². The number of amides is 2. The van der Waals surface area contributed by atoms with Crippen molar-refractivity contribution >= 4 is 23.5 Å². The van der Waals surface area contributed by atoms with Gasteiger partial charge in [0.1, 0.15) is 5.82 Å². The van der Waals surface area contributed by atoms with Gasteiger partial charge < -0.3 is 19.9 Å². The number of carbonyl (C=O) groups is 3. The summed E-state index contributed by atoms with van der Waals surface area (Å²) in [5.41, 5.74) is 4.10. The number of hydrogen-bond acceptors (Lipinski definition) is 4. The highest BCUT2D eigenvalue weighted by molar-refractivity contribution is 5.88. The molecule has 0 radical (unpaired) electrons. The van der Waals surface area contributed by atoms with Crippen molar-refractivity contribution in [2.24, 2.45) is 0 Å². The third-order valence-electron chi connectivity index (χ3n) is 5.11. The van der Waals surface area contributed by atoms with E-state index in [1.54, 1.807) is 31.2 Å². The van der Waals surface area contributed by atoms with E-state index in [2.05, 4.69) is 10.6 Å². The van der Waals surface area contributed by atoms with E-state index in [0.717, 1.165) is 22.6 Å². The van der Waals surface area contributed by atoms with Gasteiger partial charge in [-0.3, -0.25) is 14.4 Å². The SMILES string of the molecule is CCOC(=O)CCNC(=O)CCc1ccc(-c2ccc(F)cc2)n1-c1ccc(NC(C)=O)cc1. The Kier molecular flexibility index (Phi) is 8.56. The van der Waals surface area contributed by atoms with Gasteiger partial charge in [-0.25, -0.2) is 4.39 Å². The normalized spacial score (nSPS) is 10.6. The van der Waals surface area contributed by atoms with Crippen LogP contribution in [-0.2, 0) is 25.5 Å². The average Bonchev–Trinajstić information content (AvgIpc) is 3.22. The highest BCUT2D eigenvalue weighted by Gasteiger charge is 2.14. The van der Waals surface area contributed by atoms with Gasteiger partial charge in [0.15, 0.2) is 0 Å². The Morgan fingerprint density at radius 1 is 0.941 bits per heavy atom. The smallest absolute Gasteiger partial charge is 0.307 e. The number of nitrogens with zero attached hydrogens (tertiary/aromatic N) is 1. The molecule has 1 heterocycles. The van der Waals surface area contributed by atoms with E-state index >= 15 is 0 Å². The van der Waals surface area contributed by atoms with Crippen LogP contribution in [0.5, 0.6) is 0 Å². The molecule has 0 aliphatic carbocycles. The van der Waals surface area contributed by atoms with Crippen LogP contribution in [0.3, 0.4) is 0 Å². The largest absolute Gasteiger partial charge is 0.466 e. The molecule has 0 fully saturated rings. The summed E-state index contributed by atoms with van der Waals surface area (Å²) >= 11 is 0. The molecule has 3 aromatic rings. The molecule has 0 bridgehead atoms. The zero-order chi connectivity index (χ0) is 24.5. The van der Waals surface area contributed by atoms with Gasteiger partial charge in [-0.2, -0.15) is 0 Å². The third kappa shape index (κ3) is 6.78. The number of halogens is 1. The van der Waals surface area contributed by atoms with Crippen molar-refractivity contribution in [2.45, 2.75) is 33.1 Å². The molecule has 2 aromatic carbocycles. The van der Waals surface area contributed by atoms with Gasteiger partial charge in [0, 0.05) is 37.0 Å². The molecule has 1 aromatic heterocycles. The predicted octanol–water partition coefficient (Wildman–Crippen LogP) is 4.24. The van der Waals surface area contributed by atoms with Gasteiger partial charge in [-0.1, -0.05) is 0 Å². The van der Waals surface area contributed by atoms with Crippen LogP contribution in [-0.4, -0.2) is 35.5 Å². The second-order valence-corrected chi connectivity index (χ2v) is 7.69. The standard InChI is InChI=1S/C26H28FN3O4/c1-3-34-26(33)16-17-28-25(32)15-13-23-12-14-24(19-4-6-20(27)7-5-19)30(23)22-10-8-21(9-11-22)29-18(2)31/h4-12,14H,3,13,15-17H2,1-2H3,(H,28,32)(H,29,31). The lowest BCUT2D eigenvalue weighted by molar-refractivity contribution is -0.143. The minimum Gasteiger partial charge on any atom is -0.466 e. The average molecular weight is 466 g/mol. The molecule has 0 aliphatic heterocycles. The molecule has 2 N–H and O–H groups in total. The maximum absolute atomic E-state index is 13.5. The van der Waals surface area contributed by atoms with Crippen LogP contribution in [0.2, 0.25) is 0 Å². The quantitative estimate of drug-likeness (QED) is 0.438. The van der Waals surface area contributed by atoms with Crippen LogP contribution in [0.25, 0.3) is 16.9 Å². The summed E-state index contributed by atoms with van der Waals surface area (Å²) in [5, 5.41) is 5.49. The fourth-order valence-corrected chi connectivity index (χ4v) is 3.59. The maximum atomic E-state index is 13.5. The number of benzene rings is 2. The number of hydrogen-bond donors (Lipinski definition) is 2. The second kappa shape index (κ2) is 11.8. The molecule has 8 heteroatoms. The van der Waals surface area contributed by atoms with E-state index in [0.29, 0.717) is 18.7 Å². The number of carbonyl (C=O) groups excluding carboxylic acids is 3. The molecule has 34 heavy (non-hydrogen) atoms. The molecule has 0 unspecified atom stereocenters. The van der Waals surface area contributed by atoms with Gasteiger partial charge in [0.05, 0.1) is 18.7 Å². The Morgan fingerprint density at radius 3 is 2.29 bits per heavy atom. The van der Waals surface area contributed by atoms with E-state index in [1.807, 2.05) is 28.8 Å². The number of aryl methyl sites for hydroxylation is 1. The van der Waals surface area contributed by atoms with Gasteiger partial charge in [0.25, 0.3) is 0 Å². The fraction of sp³-hybridized carbons (Fsp3) is 0.269. The van der Waals surface area contributed by atoms with Gasteiger partial charge in [-0.15, -0.1) is 0 Å². The van der Waals surface area contributed by atoms with Crippen molar-refractivity contribution in [3.05, 3.63) is 72.2 Å². The van der Waals surface area contributed by atoms with Gasteiger partial charge in [0.2, 0.25) is 11.8 Å². The minimum atomic E-state index is -0.344. The van der Waals surface area contributed by atoms with E-state index in [1.165, 1.54) is 19.1 Å². The van der Waals surface area contributed by atoms with Crippen molar-refractivity contribution in [1.29, 1.82) is 0 Å². The van der Waals surface area contributed by atoms with E-state index in [4.69, 9.17) is 4.74 Å². The number of ether oxygens (including phenoxy) is 1. The van der Waals surface area contributed by atoms with Crippen molar-refractivity contribution in [1.82, 2.24) is 9.88 Å². The topological polar surface area (TPSA) is 89.4 Å². The van der Waals surface area contributed by atoms with Crippen molar-refractivity contribution < 1.29 is 23.5 Å². The summed E-state index contributed by atoms with van der Waals surface area (Å²) in [6.45, 7) is 3.72. The van der Waals surface area contributed by atoms with Crippen LogP contribution in [0.1, 0.15) is 32.4 Å². The Balaban J connectivity index is 1.79. The Morgan fingerprint density at radius 2 is 1.65 bits per heavy atom. The lowest BCUT2D eigenvalue weighted by atomic mass is 10.1. The van der Waals surface area contributed by atoms with Crippen molar-refractivity contribution in [3.8, 4) is 16.9 Å². The lowest BCUT2D eigenvalue weighted by Gasteiger charge is -2.15. The number of nitrogens with one attached hydrogen (secondary N) is 2. The Hall–Kier alpha value is -3.94. The van der Waals surface area contributed by atoms with E-state index in [-0.39, 0.29) is 43.0 Å². The minimum absolute atomic E-state index is 0.130. The van der Waals surface area contributed by atoms with Crippen LogP contribution < -0.4 is 10.6 Å².